The van der Waals surface area contributed by atoms with Crippen molar-refractivity contribution in [2.24, 2.45) is 16.6 Å². The van der Waals surface area contributed by atoms with E-state index < -0.39 is 0 Å². The summed E-state index contributed by atoms with van der Waals surface area (Å²) in [6, 6.07) is 9.82. The molecule has 0 unspecified atom stereocenters. The van der Waals surface area contributed by atoms with Crippen LogP contribution in [0.2, 0.25) is 0 Å². The van der Waals surface area contributed by atoms with Crippen molar-refractivity contribution in [1.82, 2.24) is 10.6 Å². The predicted molar refractivity (Wildman–Crippen MR) is 82.2 cm³/mol. The molecule has 1 amide bonds. The number of amides is 1. The molecule has 0 atom stereocenters. The highest BCUT2D eigenvalue weighted by Gasteiger charge is 2.01. The van der Waals surface area contributed by atoms with Gasteiger partial charge in [0.25, 0.3) is 0 Å². The van der Waals surface area contributed by atoms with E-state index in [1.807, 2.05) is 30.3 Å². The number of nitrogens with two attached hydrogens (primary N) is 1. The van der Waals surface area contributed by atoms with E-state index >= 15 is 0 Å². The van der Waals surface area contributed by atoms with Gasteiger partial charge in [-0.15, -0.1) is 0 Å². The molecule has 5 nitrogen and oxygen atoms in total. The number of benzene rings is 1. The molecule has 0 aromatic heterocycles. The highest BCUT2D eigenvalue weighted by Crippen LogP contribution is 1.97. The van der Waals surface area contributed by atoms with Crippen molar-refractivity contribution < 1.29 is 4.79 Å². The first kappa shape index (κ1) is 16.0. The molecule has 0 fully saturated rings. The molecule has 1 aromatic carbocycles. The van der Waals surface area contributed by atoms with Crippen molar-refractivity contribution in [1.29, 1.82) is 0 Å². The second-order valence-electron chi connectivity index (χ2n) is 5.06. The van der Waals surface area contributed by atoms with Crippen LogP contribution in [0, 0.1) is 5.92 Å². The first-order chi connectivity index (χ1) is 9.58. The minimum atomic E-state index is -0.00184. The van der Waals surface area contributed by atoms with E-state index in [1.165, 1.54) is 0 Å². The van der Waals surface area contributed by atoms with E-state index in [0.717, 1.165) is 5.56 Å². The molecule has 0 spiro atoms. The lowest BCUT2D eigenvalue weighted by Gasteiger charge is -2.07. The third-order valence-electron chi connectivity index (χ3n) is 2.62. The van der Waals surface area contributed by atoms with E-state index in [4.69, 9.17) is 5.73 Å². The number of aliphatic imine (C=N–C) groups is 1. The van der Waals surface area contributed by atoms with Crippen molar-refractivity contribution in [2.75, 3.05) is 13.1 Å². The third kappa shape index (κ3) is 7.41. The Kier molecular flexibility index (Phi) is 7.17. The molecule has 0 heterocycles. The fourth-order valence-electron chi connectivity index (χ4n) is 1.53. The molecule has 5 heteroatoms. The molecule has 20 heavy (non-hydrogen) atoms. The van der Waals surface area contributed by atoms with Crippen LogP contribution >= 0.6 is 0 Å². The van der Waals surface area contributed by atoms with Gasteiger partial charge >= 0.3 is 0 Å². The molecule has 1 rings (SSSR count). The van der Waals surface area contributed by atoms with Crippen molar-refractivity contribution >= 4 is 11.9 Å². The molecule has 0 aliphatic carbocycles. The second-order valence-corrected chi connectivity index (χ2v) is 5.06. The number of nitrogens with zero attached hydrogens (tertiary/aromatic N) is 1. The van der Waals surface area contributed by atoms with Gasteiger partial charge in [0.2, 0.25) is 5.91 Å². The first-order valence-electron chi connectivity index (χ1n) is 6.92. The number of rotatable bonds is 7. The van der Waals surface area contributed by atoms with Gasteiger partial charge in [-0.25, -0.2) is 0 Å². The molecular formula is C15H24N4O. The quantitative estimate of drug-likeness (QED) is 0.518. The second kappa shape index (κ2) is 8.96. The van der Waals surface area contributed by atoms with Gasteiger partial charge < -0.3 is 16.4 Å². The Hall–Kier alpha value is -2.04. The average Bonchev–Trinajstić information content (AvgIpc) is 2.44. The van der Waals surface area contributed by atoms with Crippen molar-refractivity contribution in [2.45, 2.75) is 26.8 Å². The fourth-order valence-corrected chi connectivity index (χ4v) is 1.53. The van der Waals surface area contributed by atoms with E-state index in [1.54, 1.807) is 0 Å². The van der Waals surface area contributed by atoms with Crippen LogP contribution in [0.5, 0.6) is 0 Å². The van der Waals surface area contributed by atoms with Crippen LogP contribution in [0.25, 0.3) is 0 Å². The van der Waals surface area contributed by atoms with E-state index in [2.05, 4.69) is 29.5 Å². The van der Waals surface area contributed by atoms with Crippen molar-refractivity contribution in [3.8, 4) is 0 Å². The SMILES string of the molecule is CC(C)CN=C(N)NCCC(=O)NCc1ccccc1. The molecule has 110 valence electrons. The van der Waals surface area contributed by atoms with Crippen molar-refractivity contribution in [3.05, 3.63) is 35.9 Å². The third-order valence-corrected chi connectivity index (χ3v) is 2.62. The number of hydrogen-bond donors (Lipinski definition) is 3. The summed E-state index contributed by atoms with van der Waals surface area (Å²) in [4.78, 5) is 15.8. The summed E-state index contributed by atoms with van der Waals surface area (Å²) in [5.41, 5.74) is 6.77. The number of guanidine groups is 1. The average molecular weight is 276 g/mol. The van der Waals surface area contributed by atoms with Crippen molar-refractivity contribution in [3.63, 3.8) is 0 Å². The largest absolute Gasteiger partial charge is 0.370 e. The molecule has 0 bridgehead atoms. The molecule has 0 aliphatic rings. The zero-order chi connectivity index (χ0) is 14.8. The molecule has 0 saturated carbocycles. The molecule has 0 saturated heterocycles. The Morgan fingerprint density at radius 2 is 1.95 bits per heavy atom. The molecule has 0 radical (unpaired) electrons. The van der Waals surface area contributed by atoms with Gasteiger partial charge in [-0.05, 0) is 11.5 Å². The maximum atomic E-state index is 11.6. The Bertz CT molecular complexity index is 429. The fraction of sp³-hybridized carbons (Fsp3) is 0.467. The van der Waals surface area contributed by atoms with Crippen LogP contribution in [0.1, 0.15) is 25.8 Å². The molecule has 4 N–H and O–H groups in total. The van der Waals surface area contributed by atoms with Crippen LogP contribution in [0.3, 0.4) is 0 Å². The summed E-state index contributed by atoms with van der Waals surface area (Å²) in [5.74, 6) is 0.872. The lowest BCUT2D eigenvalue weighted by Crippen LogP contribution is -2.35. The number of carbonyl (C=O) groups is 1. The highest BCUT2D eigenvalue weighted by atomic mass is 16.1. The standard InChI is InChI=1S/C15H24N4O/c1-12(2)10-19-15(16)17-9-8-14(20)18-11-13-6-4-3-5-7-13/h3-7,12H,8-11H2,1-2H3,(H,18,20)(H3,16,17,19). The van der Waals surface area contributed by atoms with Gasteiger partial charge in [0.15, 0.2) is 5.96 Å². The normalized spacial score (nSPS) is 11.4. The minimum absolute atomic E-state index is 0.00184. The van der Waals surface area contributed by atoms with Crippen LogP contribution < -0.4 is 16.4 Å². The lowest BCUT2D eigenvalue weighted by atomic mass is 10.2. The Balaban J connectivity index is 2.16. The van der Waals surface area contributed by atoms with Gasteiger partial charge in [-0.1, -0.05) is 44.2 Å². The number of carbonyl (C=O) groups excluding carboxylic acids is 1. The summed E-state index contributed by atoms with van der Waals surface area (Å²) in [6.07, 6.45) is 0.380. The van der Waals surface area contributed by atoms with Crippen LogP contribution in [0.4, 0.5) is 0 Å². The predicted octanol–water partition coefficient (Wildman–Crippen LogP) is 1.25. The summed E-state index contributed by atoms with van der Waals surface area (Å²) >= 11 is 0. The van der Waals surface area contributed by atoms with Crippen LogP contribution in [-0.2, 0) is 11.3 Å². The monoisotopic (exact) mass is 276 g/mol. The lowest BCUT2D eigenvalue weighted by molar-refractivity contribution is -0.121. The van der Waals surface area contributed by atoms with Gasteiger partial charge in [0.05, 0.1) is 0 Å². The van der Waals surface area contributed by atoms with Gasteiger partial charge in [0, 0.05) is 26.1 Å². The summed E-state index contributed by atoms with van der Waals surface area (Å²) in [7, 11) is 0. The topological polar surface area (TPSA) is 79.5 Å². The Morgan fingerprint density at radius 1 is 1.25 bits per heavy atom. The Labute approximate surface area is 120 Å². The summed E-state index contributed by atoms with van der Waals surface area (Å²) in [6.45, 7) is 5.89. The number of hydrogen-bond acceptors (Lipinski definition) is 2. The molecule has 0 aliphatic heterocycles. The van der Waals surface area contributed by atoms with Crippen LogP contribution in [0.15, 0.2) is 35.3 Å². The maximum absolute atomic E-state index is 11.6. The van der Waals surface area contributed by atoms with Gasteiger partial charge in [-0.2, -0.15) is 0 Å². The summed E-state index contributed by atoms with van der Waals surface area (Å²) < 4.78 is 0. The molecular weight excluding hydrogens is 252 g/mol. The summed E-state index contributed by atoms with van der Waals surface area (Å²) in [5, 5.41) is 5.80. The zero-order valence-electron chi connectivity index (χ0n) is 12.2. The Morgan fingerprint density at radius 3 is 2.60 bits per heavy atom. The van der Waals surface area contributed by atoms with E-state index in [0.29, 0.717) is 37.9 Å². The van der Waals surface area contributed by atoms with Crippen LogP contribution in [-0.4, -0.2) is 25.0 Å². The van der Waals surface area contributed by atoms with E-state index in [9.17, 15) is 4.79 Å². The van der Waals surface area contributed by atoms with Gasteiger partial charge in [-0.3, -0.25) is 9.79 Å². The van der Waals surface area contributed by atoms with Gasteiger partial charge in [0.1, 0.15) is 0 Å². The smallest absolute Gasteiger partial charge is 0.222 e. The first-order valence-corrected chi connectivity index (χ1v) is 6.92. The van der Waals surface area contributed by atoms with E-state index in [-0.39, 0.29) is 5.91 Å². The number of nitrogens with one attached hydrogen (secondary N) is 2. The molecule has 1 aromatic rings. The zero-order valence-corrected chi connectivity index (χ0v) is 12.2. The highest BCUT2D eigenvalue weighted by molar-refractivity contribution is 5.79. The maximum Gasteiger partial charge on any atom is 0.222 e. The minimum Gasteiger partial charge on any atom is -0.370 e.